The minimum Gasteiger partial charge on any atom is -0.465 e. The summed E-state index contributed by atoms with van der Waals surface area (Å²) in [6, 6.07) is 7.49. The van der Waals surface area contributed by atoms with Crippen LogP contribution < -0.4 is 5.32 Å². The molecule has 1 aliphatic heterocycles. The van der Waals surface area contributed by atoms with E-state index >= 15 is 0 Å². The zero-order chi connectivity index (χ0) is 15.5. The highest BCUT2D eigenvalue weighted by Gasteiger charge is 2.24. The van der Waals surface area contributed by atoms with Crippen molar-refractivity contribution in [1.82, 2.24) is 10.3 Å². The Morgan fingerprint density at radius 2 is 2.05 bits per heavy atom. The van der Waals surface area contributed by atoms with E-state index in [1.807, 2.05) is 31.2 Å². The number of nitrogens with zero attached hydrogens (tertiary/aromatic N) is 1. The number of benzene rings is 1. The summed E-state index contributed by atoms with van der Waals surface area (Å²) in [5, 5.41) is 11.2. The molecule has 116 valence electrons. The smallest absolute Gasteiger partial charge is 0.405 e. The number of amides is 1. The molecule has 1 aromatic carbocycles. The number of carbonyl (C=O) groups is 1. The number of hydrogen-bond donors (Lipinski definition) is 2. The topological polar surface area (TPSA) is 80.7 Å². The molecular formula is C15H16N2O4S. The van der Waals surface area contributed by atoms with Crippen LogP contribution in [0.1, 0.15) is 30.5 Å². The summed E-state index contributed by atoms with van der Waals surface area (Å²) < 4.78 is 11.0. The molecule has 1 atom stereocenters. The summed E-state index contributed by atoms with van der Waals surface area (Å²) >= 11 is 1.53. The van der Waals surface area contributed by atoms with Crippen LogP contribution in [0.4, 0.5) is 4.79 Å². The quantitative estimate of drug-likeness (QED) is 0.904. The van der Waals surface area contributed by atoms with Gasteiger partial charge in [0.2, 0.25) is 6.29 Å². The van der Waals surface area contributed by atoms with Crippen molar-refractivity contribution >= 4 is 17.4 Å². The van der Waals surface area contributed by atoms with Gasteiger partial charge in [-0.3, -0.25) is 0 Å². The first-order valence-corrected chi connectivity index (χ1v) is 7.79. The third-order valence-corrected chi connectivity index (χ3v) is 4.34. The maximum Gasteiger partial charge on any atom is 0.405 e. The van der Waals surface area contributed by atoms with Gasteiger partial charge < -0.3 is 19.9 Å². The molecule has 3 rings (SSSR count). The van der Waals surface area contributed by atoms with Gasteiger partial charge >= 0.3 is 6.09 Å². The molecule has 0 saturated carbocycles. The zero-order valence-corrected chi connectivity index (χ0v) is 12.8. The van der Waals surface area contributed by atoms with Gasteiger partial charge in [0, 0.05) is 0 Å². The summed E-state index contributed by atoms with van der Waals surface area (Å²) in [6.07, 6.45) is -1.43. The van der Waals surface area contributed by atoms with Crippen LogP contribution in [0.5, 0.6) is 0 Å². The van der Waals surface area contributed by atoms with Crippen molar-refractivity contribution in [1.29, 1.82) is 0 Å². The van der Waals surface area contributed by atoms with E-state index in [1.54, 1.807) is 5.51 Å². The van der Waals surface area contributed by atoms with E-state index in [1.165, 1.54) is 11.3 Å². The number of nitrogens with one attached hydrogen (secondary N) is 1. The van der Waals surface area contributed by atoms with Crippen molar-refractivity contribution in [2.24, 2.45) is 0 Å². The van der Waals surface area contributed by atoms with E-state index in [-0.39, 0.29) is 6.04 Å². The molecule has 0 aliphatic carbocycles. The largest absolute Gasteiger partial charge is 0.465 e. The summed E-state index contributed by atoms with van der Waals surface area (Å²) in [4.78, 5) is 16.0. The molecule has 1 saturated heterocycles. The first-order valence-electron chi connectivity index (χ1n) is 6.91. The van der Waals surface area contributed by atoms with Crippen molar-refractivity contribution < 1.29 is 19.4 Å². The van der Waals surface area contributed by atoms with Gasteiger partial charge in [0.05, 0.1) is 29.6 Å². The Morgan fingerprint density at radius 1 is 1.36 bits per heavy atom. The van der Waals surface area contributed by atoms with E-state index in [4.69, 9.17) is 14.6 Å². The molecule has 1 aliphatic rings. The molecule has 1 aromatic heterocycles. The lowest BCUT2D eigenvalue weighted by Crippen LogP contribution is -2.24. The van der Waals surface area contributed by atoms with Gasteiger partial charge in [-0.05, 0) is 18.1 Å². The van der Waals surface area contributed by atoms with Crippen molar-refractivity contribution in [3.05, 3.63) is 41.0 Å². The number of carboxylic acid groups (broad SMARTS) is 1. The van der Waals surface area contributed by atoms with Gasteiger partial charge in [-0.25, -0.2) is 9.78 Å². The lowest BCUT2D eigenvalue weighted by molar-refractivity contribution is -0.0464. The Balaban J connectivity index is 1.81. The van der Waals surface area contributed by atoms with E-state index in [9.17, 15) is 4.79 Å². The predicted molar refractivity (Wildman–Crippen MR) is 81.8 cm³/mol. The Labute approximate surface area is 131 Å². The molecule has 22 heavy (non-hydrogen) atoms. The molecule has 2 aromatic rings. The molecule has 6 nitrogen and oxygen atoms in total. The third-order valence-electron chi connectivity index (χ3n) is 3.45. The fourth-order valence-corrected chi connectivity index (χ4v) is 3.16. The summed E-state index contributed by atoms with van der Waals surface area (Å²) in [6.45, 7) is 2.97. The van der Waals surface area contributed by atoms with Crippen molar-refractivity contribution in [3.8, 4) is 10.4 Å². The second kappa shape index (κ2) is 6.43. The van der Waals surface area contributed by atoms with Crippen molar-refractivity contribution in [3.63, 3.8) is 0 Å². The first kappa shape index (κ1) is 15.0. The molecule has 7 heteroatoms. The van der Waals surface area contributed by atoms with Crippen LogP contribution >= 0.6 is 11.3 Å². The molecular weight excluding hydrogens is 304 g/mol. The molecule has 0 radical (unpaired) electrons. The molecule has 1 fully saturated rings. The summed E-state index contributed by atoms with van der Waals surface area (Å²) in [5.74, 6) is 0. The van der Waals surface area contributed by atoms with E-state index in [2.05, 4.69) is 10.3 Å². The number of hydrogen-bond acceptors (Lipinski definition) is 5. The van der Waals surface area contributed by atoms with Gasteiger partial charge in [0.15, 0.2) is 0 Å². The second-order valence-corrected chi connectivity index (χ2v) is 5.79. The average Bonchev–Trinajstić information content (AvgIpc) is 3.17. The fraction of sp³-hybridized carbons (Fsp3) is 0.333. The van der Waals surface area contributed by atoms with Gasteiger partial charge in [0.25, 0.3) is 0 Å². The van der Waals surface area contributed by atoms with Gasteiger partial charge in [0.1, 0.15) is 5.69 Å². The number of thiazole rings is 1. The van der Waals surface area contributed by atoms with E-state index in [0.29, 0.717) is 13.2 Å². The van der Waals surface area contributed by atoms with E-state index < -0.39 is 12.4 Å². The predicted octanol–water partition coefficient (Wildman–Crippen LogP) is 3.18. The van der Waals surface area contributed by atoms with Crippen LogP contribution in [-0.2, 0) is 9.47 Å². The van der Waals surface area contributed by atoms with Crippen molar-refractivity contribution in [2.45, 2.75) is 19.3 Å². The second-order valence-electron chi connectivity index (χ2n) is 4.93. The average molecular weight is 320 g/mol. The lowest BCUT2D eigenvalue weighted by atomic mass is 10.0. The van der Waals surface area contributed by atoms with Gasteiger partial charge in [-0.1, -0.05) is 24.3 Å². The van der Waals surface area contributed by atoms with Crippen LogP contribution in [0.25, 0.3) is 10.4 Å². The summed E-state index contributed by atoms with van der Waals surface area (Å²) in [5.41, 5.74) is 4.50. The molecule has 2 N–H and O–H groups in total. The summed E-state index contributed by atoms with van der Waals surface area (Å²) in [7, 11) is 0. The monoisotopic (exact) mass is 320 g/mol. The Kier molecular flexibility index (Phi) is 4.37. The normalized spacial score (nSPS) is 16.6. The highest BCUT2D eigenvalue weighted by Crippen LogP contribution is 2.35. The third kappa shape index (κ3) is 3.11. The van der Waals surface area contributed by atoms with Crippen LogP contribution in [0.15, 0.2) is 29.8 Å². The number of aromatic nitrogens is 1. The van der Waals surface area contributed by atoms with Gasteiger partial charge in [-0.15, -0.1) is 11.3 Å². The van der Waals surface area contributed by atoms with Gasteiger partial charge in [-0.2, -0.15) is 0 Å². The van der Waals surface area contributed by atoms with E-state index in [0.717, 1.165) is 21.7 Å². The minimum absolute atomic E-state index is 0.256. The molecule has 0 spiro atoms. The molecule has 2 heterocycles. The zero-order valence-electron chi connectivity index (χ0n) is 12.0. The molecule has 0 bridgehead atoms. The Bertz CT molecular complexity index is 650. The molecule has 1 amide bonds. The van der Waals surface area contributed by atoms with Crippen LogP contribution in [0.3, 0.4) is 0 Å². The van der Waals surface area contributed by atoms with Crippen molar-refractivity contribution in [2.75, 3.05) is 13.2 Å². The standard InChI is InChI=1S/C15H16N2O4S/c1-9(17-15(18)19)10-2-4-11(5-3-10)13-12(16-8-22-13)14-20-6-7-21-14/h2-5,8-9,14,17H,6-7H2,1H3,(H,18,19). The number of rotatable bonds is 4. The maximum atomic E-state index is 10.7. The first-order chi connectivity index (χ1) is 10.6. The minimum atomic E-state index is -1.03. The van der Waals surface area contributed by atoms with Crippen LogP contribution in [0, 0.1) is 0 Å². The van der Waals surface area contributed by atoms with Crippen LogP contribution in [-0.4, -0.2) is 29.4 Å². The maximum absolute atomic E-state index is 10.7. The Hall–Kier alpha value is -1.96. The fourth-order valence-electron chi connectivity index (χ4n) is 2.35. The highest BCUT2D eigenvalue weighted by atomic mass is 32.1. The number of ether oxygens (including phenoxy) is 2. The SMILES string of the molecule is CC(NC(=O)O)c1ccc(-c2scnc2C2OCCO2)cc1. The Morgan fingerprint density at radius 3 is 2.68 bits per heavy atom. The lowest BCUT2D eigenvalue weighted by Gasteiger charge is -2.13. The molecule has 1 unspecified atom stereocenters. The highest BCUT2D eigenvalue weighted by molar-refractivity contribution is 7.13. The van der Waals surface area contributed by atoms with Crippen LogP contribution in [0.2, 0.25) is 0 Å².